The van der Waals surface area contributed by atoms with Crippen LogP contribution in [0.5, 0.6) is 0 Å². The predicted octanol–water partition coefficient (Wildman–Crippen LogP) is 2.77. The zero-order valence-electron chi connectivity index (χ0n) is 15.9. The molecule has 1 heterocycles. The van der Waals surface area contributed by atoms with E-state index in [1.807, 2.05) is 43.4 Å². The van der Waals surface area contributed by atoms with E-state index in [0.29, 0.717) is 19.0 Å². The molecule has 27 heavy (non-hydrogen) atoms. The fraction of sp³-hybridized carbons (Fsp3) is 0.368. The monoisotopic (exact) mass is 547 g/mol. The average Bonchev–Trinajstić information content (AvgIpc) is 2.93. The van der Waals surface area contributed by atoms with Crippen LogP contribution in [0.2, 0.25) is 0 Å². The molecule has 0 aliphatic rings. The topological polar surface area (TPSA) is 61.7 Å². The van der Waals surface area contributed by atoms with Gasteiger partial charge in [-0.1, -0.05) is 30.3 Å². The molecule has 2 rings (SSSR count). The number of amides is 1. The number of halogens is 2. The fourth-order valence-electron chi connectivity index (χ4n) is 2.64. The number of carbonyl (C=O) groups is 1. The quantitative estimate of drug-likeness (QED) is 0.318. The SMILES string of the molecule is CN=C(NCC(=O)NCCc1ccccc1)N(C)Cc1cc(Br)cn1C.I. The Balaban J connectivity index is 0.00000364. The van der Waals surface area contributed by atoms with Crippen molar-refractivity contribution in [3.63, 3.8) is 0 Å². The van der Waals surface area contributed by atoms with Crippen LogP contribution >= 0.6 is 39.9 Å². The first kappa shape index (κ1) is 23.5. The van der Waals surface area contributed by atoms with E-state index in [-0.39, 0.29) is 36.4 Å². The van der Waals surface area contributed by atoms with Crippen LogP contribution in [0.25, 0.3) is 0 Å². The van der Waals surface area contributed by atoms with Crippen molar-refractivity contribution in [3.8, 4) is 0 Å². The highest BCUT2D eigenvalue weighted by Crippen LogP contribution is 2.14. The first-order valence-corrected chi connectivity index (χ1v) is 9.32. The summed E-state index contributed by atoms with van der Waals surface area (Å²) in [6, 6.07) is 12.2. The molecule has 0 unspecified atom stereocenters. The summed E-state index contributed by atoms with van der Waals surface area (Å²) < 4.78 is 3.11. The second kappa shape index (κ2) is 12.0. The molecule has 0 radical (unpaired) electrons. The lowest BCUT2D eigenvalue weighted by atomic mass is 10.1. The van der Waals surface area contributed by atoms with Gasteiger partial charge >= 0.3 is 0 Å². The van der Waals surface area contributed by atoms with Gasteiger partial charge in [-0.2, -0.15) is 0 Å². The van der Waals surface area contributed by atoms with Crippen LogP contribution in [-0.4, -0.2) is 48.5 Å². The fourth-order valence-corrected chi connectivity index (χ4v) is 3.21. The third-order valence-corrected chi connectivity index (χ3v) is 4.47. The Labute approximate surface area is 186 Å². The molecule has 148 valence electrons. The van der Waals surface area contributed by atoms with Crippen molar-refractivity contribution >= 4 is 51.8 Å². The first-order chi connectivity index (χ1) is 12.5. The van der Waals surface area contributed by atoms with Gasteiger partial charge in [-0.3, -0.25) is 9.79 Å². The van der Waals surface area contributed by atoms with Crippen LogP contribution in [0.15, 0.2) is 52.1 Å². The second-order valence-electron chi connectivity index (χ2n) is 6.10. The molecule has 2 aromatic rings. The number of rotatable bonds is 7. The Kier molecular flexibility index (Phi) is 10.5. The van der Waals surface area contributed by atoms with E-state index in [1.165, 1.54) is 5.56 Å². The Bertz CT molecular complexity index is 748. The van der Waals surface area contributed by atoms with Crippen molar-refractivity contribution in [2.45, 2.75) is 13.0 Å². The van der Waals surface area contributed by atoms with E-state index in [9.17, 15) is 4.79 Å². The Morgan fingerprint density at radius 2 is 1.96 bits per heavy atom. The molecular formula is C19H27BrIN5O. The summed E-state index contributed by atoms with van der Waals surface area (Å²) in [5.74, 6) is 0.637. The van der Waals surface area contributed by atoms with Gasteiger partial charge in [0, 0.05) is 44.1 Å². The maximum Gasteiger partial charge on any atom is 0.239 e. The van der Waals surface area contributed by atoms with Gasteiger partial charge in [0.1, 0.15) is 0 Å². The molecule has 0 atom stereocenters. The standard InChI is InChI=1S/C19H26BrN5O.HI/c1-21-19(25(3)14-17-11-16(20)13-24(17)2)23-12-18(26)22-10-9-15-7-5-4-6-8-15;/h4-8,11,13H,9-10,12,14H2,1-3H3,(H,21,23)(H,22,26);1H. The van der Waals surface area contributed by atoms with Crippen molar-refractivity contribution in [1.29, 1.82) is 0 Å². The summed E-state index contributed by atoms with van der Waals surface area (Å²) in [6.45, 7) is 1.51. The van der Waals surface area contributed by atoms with Gasteiger partial charge in [0.2, 0.25) is 5.91 Å². The smallest absolute Gasteiger partial charge is 0.239 e. The van der Waals surface area contributed by atoms with Crippen LogP contribution in [0.4, 0.5) is 0 Å². The molecule has 1 aromatic heterocycles. The van der Waals surface area contributed by atoms with Gasteiger partial charge in [-0.05, 0) is 34.0 Å². The lowest BCUT2D eigenvalue weighted by molar-refractivity contribution is -0.120. The molecule has 1 aromatic carbocycles. The van der Waals surface area contributed by atoms with Gasteiger partial charge in [-0.25, -0.2) is 0 Å². The number of hydrogen-bond acceptors (Lipinski definition) is 2. The summed E-state index contributed by atoms with van der Waals surface area (Å²) >= 11 is 3.48. The van der Waals surface area contributed by atoms with Crippen molar-refractivity contribution in [2.75, 3.05) is 27.2 Å². The molecular weight excluding hydrogens is 521 g/mol. The van der Waals surface area contributed by atoms with Crippen LogP contribution in [-0.2, 0) is 24.8 Å². The summed E-state index contributed by atoms with van der Waals surface area (Å²) in [7, 11) is 5.67. The molecule has 0 saturated carbocycles. The molecule has 0 bridgehead atoms. The van der Waals surface area contributed by atoms with Crippen molar-refractivity contribution < 1.29 is 4.79 Å². The minimum atomic E-state index is -0.0444. The number of nitrogens with one attached hydrogen (secondary N) is 2. The largest absolute Gasteiger partial charge is 0.354 e. The lowest BCUT2D eigenvalue weighted by Gasteiger charge is -2.22. The number of nitrogens with zero attached hydrogens (tertiary/aromatic N) is 3. The highest BCUT2D eigenvalue weighted by atomic mass is 127. The van der Waals surface area contributed by atoms with E-state index in [0.717, 1.165) is 16.6 Å². The number of hydrogen-bond donors (Lipinski definition) is 2. The maximum atomic E-state index is 12.0. The van der Waals surface area contributed by atoms with Gasteiger partial charge in [-0.15, -0.1) is 24.0 Å². The van der Waals surface area contributed by atoms with Crippen LogP contribution in [0, 0.1) is 0 Å². The van der Waals surface area contributed by atoms with Gasteiger partial charge in [0.15, 0.2) is 5.96 Å². The van der Waals surface area contributed by atoms with E-state index in [1.54, 1.807) is 7.05 Å². The van der Waals surface area contributed by atoms with Crippen LogP contribution in [0.1, 0.15) is 11.3 Å². The minimum absolute atomic E-state index is 0. The molecule has 0 aliphatic carbocycles. The molecule has 0 fully saturated rings. The molecule has 0 aliphatic heterocycles. The molecule has 8 heteroatoms. The molecule has 0 spiro atoms. The third-order valence-electron chi connectivity index (χ3n) is 4.03. The Morgan fingerprint density at radius 1 is 1.26 bits per heavy atom. The molecule has 2 N–H and O–H groups in total. The number of guanidine groups is 1. The van der Waals surface area contributed by atoms with E-state index in [4.69, 9.17) is 0 Å². The zero-order valence-corrected chi connectivity index (χ0v) is 19.8. The molecule has 6 nitrogen and oxygen atoms in total. The predicted molar refractivity (Wildman–Crippen MR) is 125 cm³/mol. The molecule has 0 saturated heterocycles. The average molecular weight is 548 g/mol. The summed E-state index contributed by atoms with van der Waals surface area (Å²) in [4.78, 5) is 18.3. The molecule has 1 amide bonds. The number of aryl methyl sites for hydroxylation is 1. The number of carbonyl (C=O) groups excluding carboxylic acids is 1. The number of aliphatic imine (C=N–C) groups is 1. The first-order valence-electron chi connectivity index (χ1n) is 8.52. The highest BCUT2D eigenvalue weighted by molar-refractivity contribution is 14.0. The van der Waals surface area contributed by atoms with E-state index >= 15 is 0 Å². The van der Waals surface area contributed by atoms with Gasteiger partial charge in [0.25, 0.3) is 0 Å². The van der Waals surface area contributed by atoms with E-state index < -0.39 is 0 Å². The van der Waals surface area contributed by atoms with Crippen molar-refractivity contribution in [2.24, 2.45) is 12.0 Å². The van der Waals surface area contributed by atoms with Crippen molar-refractivity contribution in [3.05, 3.63) is 58.3 Å². The summed E-state index contributed by atoms with van der Waals surface area (Å²) in [5.41, 5.74) is 2.36. The minimum Gasteiger partial charge on any atom is -0.354 e. The Hall–Kier alpha value is -1.55. The summed E-state index contributed by atoms with van der Waals surface area (Å²) in [6.07, 6.45) is 2.84. The summed E-state index contributed by atoms with van der Waals surface area (Å²) in [5, 5.41) is 6.03. The highest BCUT2D eigenvalue weighted by Gasteiger charge is 2.11. The third kappa shape index (κ3) is 7.92. The van der Waals surface area contributed by atoms with Crippen molar-refractivity contribution in [1.82, 2.24) is 20.1 Å². The number of benzene rings is 1. The van der Waals surface area contributed by atoms with Gasteiger partial charge < -0.3 is 20.1 Å². The van der Waals surface area contributed by atoms with E-state index in [2.05, 4.69) is 54.3 Å². The number of aromatic nitrogens is 1. The second-order valence-corrected chi connectivity index (χ2v) is 7.02. The van der Waals surface area contributed by atoms with Crippen LogP contribution < -0.4 is 10.6 Å². The maximum absolute atomic E-state index is 12.0. The van der Waals surface area contributed by atoms with Gasteiger partial charge in [0.05, 0.1) is 13.1 Å². The lowest BCUT2D eigenvalue weighted by Crippen LogP contribution is -2.44. The Morgan fingerprint density at radius 3 is 2.56 bits per heavy atom. The normalized spacial score (nSPS) is 10.9. The van der Waals surface area contributed by atoms with Crippen LogP contribution in [0.3, 0.4) is 0 Å². The zero-order chi connectivity index (χ0) is 18.9.